The fourth-order valence-corrected chi connectivity index (χ4v) is 2.38. The van der Waals surface area contributed by atoms with Gasteiger partial charge in [0.1, 0.15) is 0 Å². The summed E-state index contributed by atoms with van der Waals surface area (Å²) in [6, 6.07) is 7.86. The van der Waals surface area contributed by atoms with E-state index in [4.69, 9.17) is 0 Å². The lowest BCUT2D eigenvalue weighted by atomic mass is 9.83. The van der Waals surface area contributed by atoms with Crippen LogP contribution in [-0.4, -0.2) is 30.3 Å². The second kappa shape index (κ2) is 5.46. The van der Waals surface area contributed by atoms with Crippen molar-refractivity contribution in [3.63, 3.8) is 0 Å². The van der Waals surface area contributed by atoms with Gasteiger partial charge in [0.25, 0.3) is 0 Å². The minimum absolute atomic E-state index is 0.229. The first-order valence-electron chi connectivity index (χ1n) is 6.26. The number of carbonyl (C=O) groups excluding carboxylic acids is 1. The molecule has 1 aromatic rings. The molecule has 0 aliphatic carbocycles. The molecule has 0 spiro atoms. The predicted octanol–water partition coefficient (Wildman–Crippen LogP) is 3.30. The van der Waals surface area contributed by atoms with Gasteiger partial charge in [-0.05, 0) is 33.9 Å². The van der Waals surface area contributed by atoms with E-state index < -0.39 is 0 Å². The van der Waals surface area contributed by atoms with Crippen LogP contribution in [0.25, 0.3) is 0 Å². The van der Waals surface area contributed by atoms with Gasteiger partial charge in [-0.1, -0.05) is 43.7 Å². The summed E-state index contributed by atoms with van der Waals surface area (Å²) in [6.45, 7) is 6.19. The highest BCUT2D eigenvalue weighted by Crippen LogP contribution is 2.26. The maximum absolute atomic E-state index is 12.6. The third-order valence-corrected chi connectivity index (χ3v) is 3.76. The van der Waals surface area contributed by atoms with E-state index in [0.29, 0.717) is 0 Å². The molecule has 0 fully saturated rings. The Balaban J connectivity index is 3.12. The SMILES string of the molecule is CCC(CC)(C(=O)c1ccc(C)cc1)N(C)C. The van der Waals surface area contributed by atoms with E-state index in [2.05, 4.69) is 18.7 Å². The highest BCUT2D eigenvalue weighted by Gasteiger charge is 2.37. The average molecular weight is 233 g/mol. The number of aryl methyl sites for hydroxylation is 1. The van der Waals surface area contributed by atoms with E-state index in [1.54, 1.807) is 0 Å². The Bertz CT molecular complexity index is 374. The van der Waals surface area contributed by atoms with Crippen molar-refractivity contribution in [1.29, 1.82) is 0 Å². The molecule has 2 heteroatoms. The minimum atomic E-state index is -0.366. The lowest BCUT2D eigenvalue weighted by molar-refractivity contribution is 0.0656. The first kappa shape index (κ1) is 13.9. The van der Waals surface area contributed by atoms with Gasteiger partial charge >= 0.3 is 0 Å². The molecule has 1 aromatic carbocycles. The molecule has 0 radical (unpaired) electrons. The number of likely N-dealkylation sites (N-methyl/N-ethyl adjacent to an activating group) is 1. The fourth-order valence-electron chi connectivity index (χ4n) is 2.38. The van der Waals surface area contributed by atoms with Crippen molar-refractivity contribution in [2.45, 2.75) is 39.2 Å². The second-order valence-electron chi connectivity index (χ2n) is 4.83. The van der Waals surface area contributed by atoms with Crippen molar-refractivity contribution in [2.24, 2.45) is 0 Å². The normalized spacial score (nSPS) is 11.9. The van der Waals surface area contributed by atoms with Gasteiger partial charge in [0.2, 0.25) is 0 Å². The Labute approximate surface area is 105 Å². The van der Waals surface area contributed by atoms with Gasteiger partial charge < -0.3 is 0 Å². The van der Waals surface area contributed by atoms with Crippen LogP contribution in [0.1, 0.15) is 42.6 Å². The van der Waals surface area contributed by atoms with Crippen LogP contribution in [0.5, 0.6) is 0 Å². The molecule has 0 aromatic heterocycles. The Morgan fingerprint density at radius 2 is 1.59 bits per heavy atom. The third kappa shape index (κ3) is 2.58. The van der Waals surface area contributed by atoms with E-state index in [9.17, 15) is 4.79 Å². The highest BCUT2D eigenvalue weighted by atomic mass is 16.1. The molecule has 94 valence electrons. The van der Waals surface area contributed by atoms with E-state index in [1.807, 2.05) is 45.3 Å². The first-order chi connectivity index (χ1) is 7.97. The van der Waals surface area contributed by atoms with Crippen LogP contribution < -0.4 is 0 Å². The van der Waals surface area contributed by atoms with E-state index in [-0.39, 0.29) is 11.3 Å². The molecule has 0 saturated carbocycles. The Kier molecular flexibility index (Phi) is 4.47. The molecule has 0 heterocycles. The summed E-state index contributed by atoms with van der Waals surface area (Å²) in [4.78, 5) is 14.7. The maximum atomic E-state index is 12.6. The molecule has 0 saturated heterocycles. The third-order valence-electron chi connectivity index (χ3n) is 3.76. The molecular formula is C15H23NO. The molecule has 0 aliphatic heterocycles. The topological polar surface area (TPSA) is 20.3 Å². The van der Waals surface area contributed by atoms with Crippen molar-refractivity contribution in [3.8, 4) is 0 Å². The van der Waals surface area contributed by atoms with Gasteiger partial charge in [-0.15, -0.1) is 0 Å². The van der Waals surface area contributed by atoms with E-state index in [0.717, 1.165) is 18.4 Å². The molecule has 0 amide bonds. The lowest BCUT2D eigenvalue weighted by Crippen LogP contribution is -2.50. The Morgan fingerprint density at radius 3 is 1.94 bits per heavy atom. The van der Waals surface area contributed by atoms with E-state index in [1.165, 1.54) is 5.56 Å². The molecule has 0 aliphatic rings. The molecule has 2 nitrogen and oxygen atoms in total. The van der Waals surface area contributed by atoms with Gasteiger partial charge in [0.15, 0.2) is 5.78 Å². The van der Waals surface area contributed by atoms with Gasteiger partial charge in [-0.25, -0.2) is 0 Å². The molecule has 0 N–H and O–H groups in total. The summed E-state index contributed by atoms with van der Waals surface area (Å²) < 4.78 is 0. The van der Waals surface area contributed by atoms with Crippen LogP contribution in [0.3, 0.4) is 0 Å². The summed E-state index contributed by atoms with van der Waals surface area (Å²) in [7, 11) is 3.97. The zero-order valence-electron chi connectivity index (χ0n) is 11.6. The smallest absolute Gasteiger partial charge is 0.183 e. The number of ketones is 1. The number of rotatable bonds is 5. The summed E-state index contributed by atoms with van der Waals surface area (Å²) in [5.74, 6) is 0.229. The van der Waals surface area contributed by atoms with E-state index >= 15 is 0 Å². The average Bonchev–Trinajstić information content (AvgIpc) is 2.31. The standard InChI is InChI=1S/C15H23NO/c1-6-15(7-2,16(4)5)14(17)13-10-8-12(3)9-11-13/h8-11H,6-7H2,1-5H3. The van der Waals surface area contributed by atoms with Gasteiger partial charge in [0, 0.05) is 5.56 Å². The van der Waals surface area contributed by atoms with Crippen molar-refractivity contribution < 1.29 is 4.79 Å². The summed E-state index contributed by atoms with van der Waals surface area (Å²) in [6.07, 6.45) is 1.67. The molecule has 1 rings (SSSR count). The van der Waals surface area contributed by atoms with Crippen molar-refractivity contribution >= 4 is 5.78 Å². The predicted molar refractivity (Wildman–Crippen MR) is 72.5 cm³/mol. The van der Waals surface area contributed by atoms with Crippen LogP contribution in [0.15, 0.2) is 24.3 Å². The number of nitrogens with zero attached hydrogens (tertiary/aromatic N) is 1. The molecule has 0 unspecified atom stereocenters. The molecule has 0 bridgehead atoms. The zero-order chi connectivity index (χ0) is 13.1. The molecular weight excluding hydrogens is 210 g/mol. The van der Waals surface area contributed by atoms with Crippen LogP contribution in [0.2, 0.25) is 0 Å². The fraction of sp³-hybridized carbons (Fsp3) is 0.533. The monoisotopic (exact) mass is 233 g/mol. The Morgan fingerprint density at radius 1 is 1.12 bits per heavy atom. The van der Waals surface area contributed by atoms with Crippen molar-refractivity contribution in [3.05, 3.63) is 35.4 Å². The maximum Gasteiger partial charge on any atom is 0.183 e. The first-order valence-corrected chi connectivity index (χ1v) is 6.26. The lowest BCUT2D eigenvalue weighted by Gasteiger charge is -2.37. The largest absolute Gasteiger partial charge is 0.297 e. The van der Waals surface area contributed by atoms with Crippen LogP contribution in [0.4, 0.5) is 0 Å². The highest BCUT2D eigenvalue weighted by molar-refractivity contribution is 6.03. The zero-order valence-corrected chi connectivity index (χ0v) is 11.6. The summed E-state index contributed by atoms with van der Waals surface area (Å²) in [5.41, 5.74) is 1.63. The van der Waals surface area contributed by atoms with Crippen molar-refractivity contribution in [1.82, 2.24) is 4.90 Å². The number of hydrogen-bond acceptors (Lipinski definition) is 2. The quantitative estimate of drug-likeness (QED) is 0.727. The number of Topliss-reactive ketones (excluding diaryl/α,β-unsaturated/α-hetero) is 1. The Hall–Kier alpha value is -1.15. The summed E-state index contributed by atoms with van der Waals surface area (Å²) >= 11 is 0. The van der Waals surface area contributed by atoms with Crippen molar-refractivity contribution in [2.75, 3.05) is 14.1 Å². The number of hydrogen-bond donors (Lipinski definition) is 0. The summed E-state index contributed by atoms with van der Waals surface area (Å²) in [5, 5.41) is 0. The minimum Gasteiger partial charge on any atom is -0.297 e. The van der Waals surface area contributed by atoms with Crippen LogP contribution >= 0.6 is 0 Å². The van der Waals surface area contributed by atoms with Gasteiger partial charge in [0.05, 0.1) is 5.54 Å². The number of benzene rings is 1. The molecule has 17 heavy (non-hydrogen) atoms. The van der Waals surface area contributed by atoms with Gasteiger partial charge in [-0.2, -0.15) is 0 Å². The number of carbonyl (C=O) groups is 1. The molecule has 0 atom stereocenters. The second-order valence-corrected chi connectivity index (χ2v) is 4.83. The van der Waals surface area contributed by atoms with Crippen LogP contribution in [0, 0.1) is 6.92 Å². The van der Waals surface area contributed by atoms with Crippen LogP contribution in [-0.2, 0) is 0 Å². The van der Waals surface area contributed by atoms with Gasteiger partial charge in [-0.3, -0.25) is 9.69 Å².